The van der Waals surface area contributed by atoms with E-state index in [0.29, 0.717) is 30.9 Å². The van der Waals surface area contributed by atoms with Gasteiger partial charge in [-0.1, -0.05) is 0 Å². The molecule has 4 aliphatic rings. The van der Waals surface area contributed by atoms with E-state index in [0.717, 1.165) is 15.6 Å². The summed E-state index contributed by atoms with van der Waals surface area (Å²) in [5.74, 6) is -0.588. The molecule has 2 unspecified atom stereocenters. The van der Waals surface area contributed by atoms with Gasteiger partial charge in [0.05, 0.1) is 0 Å². The van der Waals surface area contributed by atoms with Gasteiger partial charge in [0.2, 0.25) is 0 Å². The number of Topliss-reactive ketones (excluding diaryl/α,β-unsaturated/α-hetero) is 1. The van der Waals surface area contributed by atoms with Crippen LogP contribution in [-0.4, -0.2) is 64.9 Å². The number of fused-ring (bicyclic) bond motifs is 2. The number of hydrogen-bond acceptors (Lipinski definition) is 6. The van der Waals surface area contributed by atoms with Gasteiger partial charge in [-0.3, -0.25) is 0 Å². The van der Waals surface area contributed by atoms with Crippen molar-refractivity contribution in [2.75, 3.05) is 27.4 Å². The number of carbonyl (C=O) groups excluding carboxylic acids is 3. The predicted molar refractivity (Wildman–Crippen MR) is 128 cm³/mol. The van der Waals surface area contributed by atoms with Gasteiger partial charge < -0.3 is 0 Å². The average molecular weight is 540 g/mol. The van der Waals surface area contributed by atoms with E-state index in [1.165, 1.54) is 0 Å². The Balaban J connectivity index is 1.57. The average Bonchev–Trinajstić information content (AvgIpc) is 3.54. The molecule has 1 spiro atoms. The van der Waals surface area contributed by atoms with Crippen molar-refractivity contribution in [3.8, 4) is 11.5 Å². The normalized spacial score (nSPS) is 31.9. The van der Waals surface area contributed by atoms with Crippen molar-refractivity contribution in [3.63, 3.8) is 0 Å². The number of amides is 1. The van der Waals surface area contributed by atoms with Crippen LogP contribution in [0.1, 0.15) is 24.5 Å². The van der Waals surface area contributed by atoms with Crippen LogP contribution < -0.4 is 13.9 Å². The standard InChI is InChI=1S/C27H27NO6Se/c1-4-34-25(31)27-21-22(27)24(30)28-11-10-15-12-18(32-2)19(33-3)13-17(15)26(27,28)14-20(23(21)29)35-16-8-6-5-7-9-16/h5-9,12-13,20-22H,4,10-11,14H2,1-3H3/t20?,21-,22?,26-,27+/m1/s1. The van der Waals surface area contributed by atoms with E-state index in [2.05, 4.69) is 12.1 Å². The number of ether oxygens (including phenoxy) is 3. The van der Waals surface area contributed by atoms with Crippen LogP contribution in [0.3, 0.4) is 0 Å². The van der Waals surface area contributed by atoms with Crippen molar-refractivity contribution in [2.24, 2.45) is 17.3 Å². The molecule has 0 bridgehead atoms. The molecule has 7 nitrogen and oxygen atoms in total. The molecule has 2 aliphatic heterocycles. The molecule has 2 aromatic carbocycles. The number of nitrogens with zero attached hydrogens (tertiary/aromatic N) is 1. The van der Waals surface area contributed by atoms with Crippen molar-refractivity contribution in [3.05, 3.63) is 53.6 Å². The van der Waals surface area contributed by atoms with Crippen LogP contribution in [0.15, 0.2) is 42.5 Å². The minimum atomic E-state index is -1.17. The quantitative estimate of drug-likeness (QED) is 0.411. The maximum atomic E-state index is 13.8. The van der Waals surface area contributed by atoms with E-state index in [1.807, 2.05) is 35.2 Å². The Hall–Kier alpha value is -2.83. The van der Waals surface area contributed by atoms with Gasteiger partial charge in [0, 0.05) is 0 Å². The molecule has 2 heterocycles. The molecule has 2 saturated carbocycles. The Morgan fingerprint density at radius 3 is 2.49 bits per heavy atom. The van der Waals surface area contributed by atoms with Crippen LogP contribution >= 0.6 is 0 Å². The Bertz CT molecular complexity index is 1250. The third-order valence-electron chi connectivity index (χ3n) is 8.28. The van der Waals surface area contributed by atoms with Gasteiger partial charge >= 0.3 is 210 Å². The van der Waals surface area contributed by atoms with E-state index < -0.39 is 28.8 Å². The van der Waals surface area contributed by atoms with Crippen molar-refractivity contribution >= 4 is 37.1 Å². The first-order valence-corrected chi connectivity index (χ1v) is 13.8. The second-order valence-electron chi connectivity index (χ2n) is 9.54. The van der Waals surface area contributed by atoms with Crippen LogP contribution in [-0.2, 0) is 31.1 Å². The van der Waals surface area contributed by atoms with Gasteiger partial charge in [0.1, 0.15) is 0 Å². The number of rotatable bonds is 6. The molecule has 5 atom stereocenters. The molecule has 182 valence electrons. The summed E-state index contributed by atoms with van der Waals surface area (Å²) in [6.45, 7) is 2.47. The zero-order chi connectivity index (χ0) is 24.5. The third kappa shape index (κ3) is 2.70. The zero-order valence-corrected chi connectivity index (χ0v) is 21.6. The van der Waals surface area contributed by atoms with Gasteiger partial charge in [0.25, 0.3) is 0 Å². The topological polar surface area (TPSA) is 82.1 Å². The van der Waals surface area contributed by atoms with E-state index >= 15 is 0 Å². The molecule has 1 saturated heterocycles. The van der Waals surface area contributed by atoms with E-state index in [4.69, 9.17) is 14.2 Å². The summed E-state index contributed by atoms with van der Waals surface area (Å²) < 4.78 is 17.9. The summed E-state index contributed by atoms with van der Waals surface area (Å²) in [5.41, 5.74) is -0.167. The summed E-state index contributed by atoms with van der Waals surface area (Å²) >= 11 is -0.125. The number of ketones is 1. The number of hydrogen-bond donors (Lipinski definition) is 0. The van der Waals surface area contributed by atoms with Gasteiger partial charge in [-0.15, -0.1) is 0 Å². The van der Waals surface area contributed by atoms with Crippen molar-refractivity contribution in [1.29, 1.82) is 0 Å². The fourth-order valence-electron chi connectivity index (χ4n) is 7.02. The van der Waals surface area contributed by atoms with Crippen LogP contribution in [0, 0.1) is 17.3 Å². The summed E-state index contributed by atoms with van der Waals surface area (Å²) in [6.07, 6.45) is 1.07. The number of benzene rings is 2. The molecular weight excluding hydrogens is 513 g/mol. The van der Waals surface area contributed by atoms with Gasteiger partial charge in [-0.2, -0.15) is 0 Å². The van der Waals surface area contributed by atoms with E-state index in [1.54, 1.807) is 21.1 Å². The van der Waals surface area contributed by atoms with Gasteiger partial charge in [0.15, 0.2) is 0 Å². The molecule has 6 rings (SSSR count). The molecule has 0 radical (unpaired) electrons. The monoisotopic (exact) mass is 541 g/mol. The number of esters is 1. The molecule has 3 fully saturated rings. The second-order valence-corrected chi connectivity index (χ2v) is 12.2. The zero-order valence-electron chi connectivity index (χ0n) is 19.9. The predicted octanol–water partition coefficient (Wildman–Crippen LogP) is 1.88. The molecule has 0 aromatic heterocycles. The Kier molecular flexibility index (Phi) is 5.06. The van der Waals surface area contributed by atoms with Gasteiger partial charge in [-0.05, 0) is 0 Å². The first-order chi connectivity index (χ1) is 16.9. The van der Waals surface area contributed by atoms with Crippen LogP contribution in [0.4, 0.5) is 0 Å². The Morgan fingerprint density at radius 1 is 1.09 bits per heavy atom. The number of methoxy groups -OCH3 is 2. The molecule has 8 heteroatoms. The van der Waals surface area contributed by atoms with Gasteiger partial charge in [-0.25, -0.2) is 0 Å². The molecule has 2 aliphatic carbocycles. The first-order valence-electron chi connectivity index (χ1n) is 11.9. The van der Waals surface area contributed by atoms with Crippen LogP contribution in [0.2, 0.25) is 4.82 Å². The SMILES string of the molecule is CCOC(=O)[C@]12C3C(=O)N4CCc5cc(OC)c(OC)cc5[C@@]41CC([Se]c1ccccc1)C(=O)[C@@H]32. The van der Waals surface area contributed by atoms with Crippen LogP contribution in [0.25, 0.3) is 0 Å². The third-order valence-corrected chi connectivity index (χ3v) is 10.9. The van der Waals surface area contributed by atoms with Crippen molar-refractivity contribution in [1.82, 2.24) is 4.90 Å². The number of piperidine rings is 1. The minimum absolute atomic E-state index is 0.0399. The second kappa shape index (κ2) is 7.84. The fraction of sp³-hybridized carbons (Fsp3) is 0.444. The first kappa shape index (κ1) is 22.6. The number of carbonyl (C=O) groups is 3. The van der Waals surface area contributed by atoms with Crippen molar-refractivity contribution in [2.45, 2.75) is 30.1 Å². The van der Waals surface area contributed by atoms with E-state index in [-0.39, 0.29) is 38.1 Å². The molecule has 35 heavy (non-hydrogen) atoms. The summed E-state index contributed by atoms with van der Waals surface area (Å²) in [6, 6.07) is 13.9. The summed E-state index contributed by atoms with van der Waals surface area (Å²) in [4.78, 5) is 42.9. The molecule has 1 amide bonds. The van der Waals surface area contributed by atoms with Crippen molar-refractivity contribution < 1.29 is 28.6 Å². The molecular formula is C27H27NO6Se. The Labute approximate surface area is 210 Å². The molecule has 2 aromatic rings. The Morgan fingerprint density at radius 2 is 1.80 bits per heavy atom. The summed E-state index contributed by atoms with van der Waals surface area (Å²) in [5, 5.41) is 0. The molecule has 0 N–H and O–H groups in total. The van der Waals surface area contributed by atoms with E-state index in [9.17, 15) is 14.4 Å². The fourth-order valence-corrected chi connectivity index (χ4v) is 9.60. The van der Waals surface area contributed by atoms with Crippen LogP contribution in [0.5, 0.6) is 11.5 Å². The summed E-state index contributed by atoms with van der Waals surface area (Å²) in [7, 11) is 3.18. The maximum absolute atomic E-state index is 13.8.